The van der Waals surface area contributed by atoms with Crippen LogP contribution in [0, 0.1) is 20.8 Å². The number of aliphatic carboxylic acids is 1. The zero-order chi connectivity index (χ0) is 26.6. The number of fused-ring (bicyclic) bond motifs is 4. The Kier molecular flexibility index (Phi) is 5.88. The van der Waals surface area contributed by atoms with Gasteiger partial charge in [0.1, 0.15) is 0 Å². The monoisotopic (exact) mass is 494 g/mol. The molecule has 188 valence electrons. The van der Waals surface area contributed by atoms with Crippen LogP contribution in [0.5, 0.6) is 0 Å². The lowest BCUT2D eigenvalue weighted by atomic mass is 9.85. The van der Waals surface area contributed by atoms with E-state index < -0.39 is 17.7 Å². The average Bonchev–Trinajstić information content (AvgIpc) is 2.84. The van der Waals surface area contributed by atoms with Gasteiger partial charge in [0.05, 0.1) is 27.5 Å². The van der Waals surface area contributed by atoms with E-state index in [1.807, 2.05) is 96.1 Å². The first-order valence-corrected chi connectivity index (χ1v) is 12.3. The summed E-state index contributed by atoms with van der Waals surface area (Å²) in [4.78, 5) is 33.9. The van der Waals surface area contributed by atoms with Gasteiger partial charge in [-0.05, 0) is 75.9 Å². The molecule has 0 aliphatic rings. The largest absolute Gasteiger partial charge is 0.479 e. The smallest absolute Gasteiger partial charge is 0.337 e. The number of pyridine rings is 2. The third kappa shape index (κ3) is 4.27. The Morgan fingerprint density at radius 3 is 2.32 bits per heavy atom. The van der Waals surface area contributed by atoms with Gasteiger partial charge < -0.3 is 14.8 Å². The molecule has 37 heavy (non-hydrogen) atoms. The van der Waals surface area contributed by atoms with Crippen molar-refractivity contribution in [2.45, 2.75) is 53.2 Å². The summed E-state index contributed by atoms with van der Waals surface area (Å²) in [5.41, 5.74) is 5.79. The standard InChI is InChI=1S/C31H30N2O4/c1-16-11-13-19(14-12-16)23-17(2)25-26(18(3)24(23)28(30(35)36)37-31(4,5)6)33-29(34)21-15-20-9-7-8-10-22(20)32-27(21)25/h7-15,28H,1-6H3,(H,33,34)(H,35,36)/t28-/m0/s1. The van der Waals surface area contributed by atoms with Crippen LogP contribution >= 0.6 is 0 Å². The van der Waals surface area contributed by atoms with Crippen molar-refractivity contribution < 1.29 is 14.6 Å². The Morgan fingerprint density at radius 1 is 1.00 bits per heavy atom. The van der Waals surface area contributed by atoms with Crippen LogP contribution in [-0.2, 0) is 9.53 Å². The molecule has 0 fully saturated rings. The number of hydrogen-bond acceptors (Lipinski definition) is 4. The maximum atomic E-state index is 13.3. The van der Waals surface area contributed by atoms with Gasteiger partial charge >= 0.3 is 5.97 Å². The predicted octanol–water partition coefficient (Wildman–Crippen LogP) is 6.76. The average molecular weight is 495 g/mol. The van der Waals surface area contributed by atoms with E-state index in [0.29, 0.717) is 27.5 Å². The molecular formula is C31H30N2O4. The molecule has 0 saturated carbocycles. The van der Waals surface area contributed by atoms with E-state index in [2.05, 4.69) is 4.98 Å². The van der Waals surface area contributed by atoms with Crippen LogP contribution < -0.4 is 5.56 Å². The minimum absolute atomic E-state index is 0.263. The summed E-state index contributed by atoms with van der Waals surface area (Å²) >= 11 is 0. The van der Waals surface area contributed by atoms with Crippen LogP contribution in [0.3, 0.4) is 0 Å². The quantitative estimate of drug-likeness (QED) is 0.213. The molecule has 0 aliphatic carbocycles. The van der Waals surface area contributed by atoms with Gasteiger partial charge in [-0.25, -0.2) is 9.78 Å². The van der Waals surface area contributed by atoms with Crippen molar-refractivity contribution in [1.82, 2.24) is 9.97 Å². The number of aromatic amines is 1. The number of carbonyl (C=O) groups is 1. The normalized spacial score (nSPS) is 12.9. The molecular weight excluding hydrogens is 464 g/mol. The highest BCUT2D eigenvalue weighted by Gasteiger charge is 2.33. The summed E-state index contributed by atoms with van der Waals surface area (Å²) in [6, 6.07) is 17.6. The number of aromatic nitrogens is 2. The van der Waals surface area contributed by atoms with Gasteiger partial charge in [0.15, 0.2) is 6.10 Å². The SMILES string of the molecule is Cc1ccc(-c2c([C@H](OC(C)(C)C)C(=O)O)c(C)c3[nH]c(=O)c4cc5ccccc5nc4c3c2C)cc1. The topological polar surface area (TPSA) is 92.3 Å². The molecule has 3 aromatic carbocycles. The second-order valence-corrected chi connectivity index (χ2v) is 10.6. The number of nitrogens with one attached hydrogen (secondary N) is 1. The number of carboxylic acid groups (broad SMARTS) is 1. The second kappa shape index (κ2) is 8.82. The van der Waals surface area contributed by atoms with Gasteiger partial charge in [0.2, 0.25) is 0 Å². The van der Waals surface area contributed by atoms with Gasteiger partial charge in [-0.15, -0.1) is 0 Å². The molecule has 0 aliphatic heterocycles. The van der Waals surface area contributed by atoms with E-state index in [1.165, 1.54) is 0 Å². The lowest BCUT2D eigenvalue weighted by Gasteiger charge is -2.29. The third-order valence-corrected chi connectivity index (χ3v) is 6.79. The van der Waals surface area contributed by atoms with Crippen molar-refractivity contribution in [3.8, 4) is 11.1 Å². The fourth-order valence-corrected chi connectivity index (χ4v) is 5.14. The zero-order valence-corrected chi connectivity index (χ0v) is 21.9. The summed E-state index contributed by atoms with van der Waals surface area (Å²) in [6.45, 7) is 11.3. The molecule has 2 aromatic heterocycles. The fourth-order valence-electron chi connectivity index (χ4n) is 5.14. The Hall–Kier alpha value is -4.03. The Bertz CT molecular complexity index is 1760. The third-order valence-electron chi connectivity index (χ3n) is 6.79. The molecule has 6 heteroatoms. The molecule has 0 spiro atoms. The maximum absolute atomic E-state index is 13.3. The van der Waals surface area contributed by atoms with Gasteiger partial charge in [-0.1, -0.05) is 48.0 Å². The highest BCUT2D eigenvalue weighted by molar-refractivity contribution is 6.11. The molecule has 5 aromatic rings. The van der Waals surface area contributed by atoms with E-state index in [-0.39, 0.29) is 5.56 Å². The highest BCUT2D eigenvalue weighted by atomic mass is 16.5. The molecule has 0 saturated heterocycles. The number of aryl methyl sites for hydroxylation is 3. The first-order chi connectivity index (χ1) is 17.5. The van der Waals surface area contributed by atoms with Gasteiger partial charge in [-0.3, -0.25) is 4.79 Å². The number of hydrogen-bond donors (Lipinski definition) is 2. The summed E-state index contributed by atoms with van der Waals surface area (Å²) in [5.74, 6) is -1.09. The molecule has 0 amide bonds. The fraction of sp³-hybridized carbons (Fsp3) is 0.258. The van der Waals surface area contributed by atoms with E-state index in [0.717, 1.165) is 38.5 Å². The van der Waals surface area contributed by atoms with Gasteiger partial charge in [-0.2, -0.15) is 0 Å². The van der Waals surface area contributed by atoms with Crippen LogP contribution in [0.4, 0.5) is 0 Å². The van der Waals surface area contributed by atoms with Crippen LogP contribution in [0.25, 0.3) is 43.8 Å². The van der Waals surface area contributed by atoms with Crippen LogP contribution in [-0.4, -0.2) is 26.6 Å². The summed E-state index contributed by atoms with van der Waals surface area (Å²) in [7, 11) is 0. The van der Waals surface area contributed by atoms with Crippen molar-refractivity contribution in [2.75, 3.05) is 0 Å². The van der Waals surface area contributed by atoms with Crippen LogP contribution in [0.15, 0.2) is 59.4 Å². The predicted molar refractivity (Wildman–Crippen MR) is 148 cm³/mol. The molecule has 0 radical (unpaired) electrons. The van der Waals surface area contributed by atoms with Crippen molar-refractivity contribution in [3.63, 3.8) is 0 Å². The first kappa shape index (κ1) is 24.7. The van der Waals surface area contributed by atoms with Crippen molar-refractivity contribution >= 4 is 38.7 Å². The van der Waals surface area contributed by atoms with E-state index >= 15 is 0 Å². The van der Waals surface area contributed by atoms with Gasteiger partial charge in [0, 0.05) is 16.3 Å². The number of H-pyrrole nitrogens is 1. The molecule has 1 atom stereocenters. The maximum Gasteiger partial charge on any atom is 0.337 e. The number of rotatable bonds is 4. The lowest BCUT2D eigenvalue weighted by molar-refractivity contribution is -0.160. The number of carboxylic acids is 1. The van der Waals surface area contributed by atoms with Crippen LogP contribution in [0.2, 0.25) is 0 Å². The summed E-state index contributed by atoms with van der Waals surface area (Å²) in [6.07, 6.45) is -1.23. The Morgan fingerprint density at radius 2 is 1.68 bits per heavy atom. The second-order valence-electron chi connectivity index (χ2n) is 10.6. The molecule has 0 bridgehead atoms. The summed E-state index contributed by atoms with van der Waals surface area (Å²) < 4.78 is 6.12. The van der Waals surface area contributed by atoms with Gasteiger partial charge in [0.25, 0.3) is 5.56 Å². The molecule has 2 heterocycles. The highest BCUT2D eigenvalue weighted by Crippen LogP contribution is 2.43. The first-order valence-electron chi connectivity index (χ1n) is 12.3. The lowest BCUT2D eigenvalue weighted by Crippen LogP contribution is -2.28. The number of nitrogens with zero attached hydrogens (tertiary/aromatic N) is 1. The minimum atomic E-state index is -1.23. The van der Waals surface area contributed by atoms with Crippen molar-refractivity contribution in [3.05, 3.63) is 87.2 Å². The van der Waals surface area contributed by atoms with Crippen molar-refractivity contribution in [2.24, 2.45) is 0 Å². The van der Waals surface area contributed by atoms with E-state index in [4.69, 9.17) is 9.72 Å². The summed E-state index contributed by atoms with van der Waals surface area (Å²) in [5, 5.41) is 12.5. The molecule has 5 rings (SSSR count). The van der Waals surface area contributed by atoms with E-state index in [9.17, 15) is 14.7 Å². The zero-order valence-electron chi connectivity index (χ0n) is 21.9. The molecule has 0 unspecified atom stereocenters. The van der Waals surface area contributed by atoms with E-state index in [1.54, 1.807) is 0 Å². The Balaban J connectivity index is 1.99. The van der Waals surface area contributed by atoms with Crippen LogP contribution in [0.1, 0.15) is 49.1 Å². The Labute approximate surface area is 214 Å². The minimum Gasteiger partial charge on any atom is -0.479 e. The molecule has 6 nitrogen and oxygen atoms in total. The number of benzene rings is 3. The molecule has 2 N–H and O–H groups in total. The number of ether oxygens (including phenoxy) is 1. The van der Waals surface area contributed by atoms with Crippen molar-refractivity contribution in [1.29, 1.82) is 0 Å². The number of para-hydroxylation sites is 1.